The quantitative estimate of drug-likeness (QED) is 0.503. The van der Waals surface area contributed by atoms with Gasteiger partial charge in [0.25, 0.3) is 0 Å². The highest BCUT2D eigenvalue weighted by atomic mass is 15.3. The Hall–Kier alpha value is -3.91. The Morgan fingerprint density at radius 1 is 0.742 bits per heavy atom. The third kappa shape index (κ3) is 3.93. The first-order valence-corrected chi connectivity index (χ1v) is 10.6. The molecule has 2 aromatic carbocycles. The molecule has 5 heteroatoms. The van der Waals surface area contributed by atoms with E-state index in [1.54, 1.807) is 6.20 Å². The largest absolute Gasteiger partial charge is 0.353 e. The zero-order valence-electron chi connectivity index (χ0n) is 17.3. The topological polar surface area (TPSA) is 56.1 Å². The molecule has 0 atom stereocenters. The highest BCUT2D eigenvalue weighted by molar-refractivity contribution is 5.94. The zero-order valence-corrected chi connectivity index (χ0v) is 17.3. The summed E-state index contributed by atoms with van der Waals surface area (Å²) in [4.78, 5) is 14.0. The number of nitriles is 1. The Kier molecular flexibility index (Phi) is 5.20. The molecule has 1 fully saturated rings. The third-order valence-corrected chi connectivity index (χ3v) is 5.87. The molecule has 0 aliphatic carbocycles. The summed E-state index contributed by atoms with van der Waals surface area (Å²) in [5, 5.41) is 11.5. The fourth-order valence-electron chi connectivity index (χ4n) is 4.23. The van der Waals surface area contributed by atoms with E-state index in [9.17, 15) is 0 Å². The highest BCUT2D eigenvalue weighted by Gasteiger charge is 2.21. The number of pyridine rings is 2. The number of fused-ring (bicyclic) bond motifs is 1. The molecule has 4 aromatic rings. The van der Waals surface area contributed by atoms with Crippen molar-refractivity contribution in [3.8, 4) is 6.07 Å². The van der Waals surface area contributed by atoms with Crippen LogP contribution in [0.4, 0.5) is 11.6 Å². The summed E-state index contributed by atoms with van der Waals surface area (Å²) in [7, 11) is 0. The number of anilines is 2. The van der Waals surface area contributed by atoms with Crippen molar-refractivity contribution in [1.29, 1.82) is 5.26 Å². The van der Waals surface area contributed by atoms with Crippen molar-refractivity contribution >= 4 is 22.4 Å². The molecule has 1 saturated heterocycles. The second-order valence-corrected chi connectivity index (χ2v) is 7.81. The Balaban J connectivity index is 1.37. The first-order valence-electron chi connectivity index (χ1n) is 10.6. The van der Waals surface area contributed by atoms with Crippen molar-refractivity contribution in [1.82, 2.24) is 9.97 Å². The third-order valence-electron chi connectivity index (χ3n) is 5.87. The number of nitrogens with zero attached hydrogens (tertiary/aromatic N) is 5. The zero-order chi connectivity index (χ0) is 21.0. The summed E-state index contributed by atoms with van der Waals surface area (Å²) in [5.41, 5.74) is 3.14. The van der Waals surface area contributed by atoms with Crippen LogP contribution in [-0.4, -0.2) is 36.1 Å². The van der Waals surface area contributed by atoms with Gasteiger partial charge in [-0.2, -0.15) is 5.26 Å². The molecule has 5 rings (SSSR count). The predicted molar refractivity (Wildman–Crippen MR) is 124 cm³/mol. The minimum Gasteiger partial charge on any atom is -0.353 e. The van der Waals surface area contributed by atoms with E-state index in [0.29, 0.717) is 5.56 Å². The molecule has 0 saturated carbocycles. The average Bonchev–Trinajstić information content (AvgIpc) is 2.85. The van der Waals surface area contributed by atoms with Crippen molar-refractivity contribution in [2.24, 2.45) is 0 Å². The van der Waals surface area contributed by atoms with Gasteiger partial charge >= 0.3 is 0 Å². The van der Waals surface area contributed by atoms with Crippen molar-refractivity contribution in [2.75, 3.05) is 36.0 Å². The molecule has 0 bridgehead atoms. The average molecular weight is 406 g/mol. The SMILES string of the molecule is N#Cc1ccc(N2CCN(c3ncc(Cc4ccccc4)c4ccccc34)CC2)nc1. The van der Waals surface area contributed by atoms with Gasteiger partial charge in [-0.1, -0.05) is 54.6 Å². The Labute approximate surface area is 182 Å². The van der Waals surface area contributed by atoms with Gasteiger partial charge in [-0.05, 0) is 35.1 Å². The van der Waals surface area contributed by atoms with Gasteiger partial charge in [0.05, 0.1) is 5.56 Å². The van der Waals surface area contributed by atoms with Gasteiger partial charge in [-0.25, -0.2) is 9.97 Å². The Morgan fingerprint density at radius 2 is 1.45 bits per heavy atom. The van der Waals surface area contributed by atoms with Crippen LogP contribution in [-0.2, 0) is 6.42 Å². The van der Waals surface area contributed by atoms with Gasteiger partial charge in [0.2, 0.25) is 0 Å². The molecule has 1 aliphatic heterocycles. The molecular formula is C26H23N5. The second kappa shape index (κ2) is 8.45. The normalized spacial score (nSPS) is 13.9. The van der Waals surface area contributed by atoms with Gasteiger partial charge in [0.1, 0.15) is 17.7 Å². The van der Waals surface area contributed by atoms with Gasteiger partial charge in [-0.15, -0.1) is 0 Å². The van der Waals surface area contributed by atoms with Gasteiger partial charge in [0.15, 0.2) is 0 Å². The minimum absolute atomic E-state index is 0.591. The number of hydrogen-bond acceptors (Lipinski definition) is 5. The molecule has 152 valence electrons. The molecule has 31 heavy (non-hydrogen) atoms. The summed E-state index contributed by atoms with van der Waals surface area (Å²) in [6, 6.07) is 25.0. The monoisotopic (exact) mass is 405 g/mol. The smallest absolute Gasteiger partial charge is 0.136 e. The first kappa shape index (κ1) is 19.1. The highest BCUT2D eigenvalue weighted by Crippen LogP contribution is 2.29. The van der Waals surface area contributed by atoms with Crippen molar-refractivity contribution in [3.05, 3.63) is 95.8 Å². The van der Waals surface area contributed by atoms with Crippen molar-refractivity contribution < 1.29 is 0 Å². The maximum atomic E-state index is 8.97. The Morgan fingerprint density at radius 3 is 2.16 bits per heavy atom. The van der Waals surface area contributed by atoms with Gasteiger partial charge < -0.3 is 9.80 Å². The minimum atomic E-state index is 0.591. The Bertz CT molecular complexity index is 1220. The first-order chi connectivity index (χ1) is 15.3. The fraction of sp³-hybridized carbons (Fsp3) is 0.192. The van der Waals surface area contributed by atoms with Gasteiger partial charge in [0, 0.05) is 44.0 Å². The summed E-state index contributed by atoms with van der Waals surface area (Å²) in [5.74, 6) is 1.98. The van der Waals surface area contributed by atoms with Crippen LogP contribution in [0.25, 0.3) is 10.8 Å². The van der Waals surface area contributed by atoms with Crippen molar-refractivity contribution in [3.63, 3.8) is 0 Å². The molecule has 0 amide bonds. The summed E-state index contributed by atoms with van der Waals surface area (Å²) < 4.78 is 0. The summed E-state index contributed by atoms with van der Waals surface area (Å²) in [6.45, 7) is 3.52. The van der Waals surface area contributed by atoms with Crippen LogP contribution in [0.15, 0.2) is 79.1 Å². The lowest BCUT2D eigenvalue weighted by Crippen LogP contribution is -2.47. The van der Waals surface area contributed by atoms with Crippen LogP contribution >= 0.6 is 0 Å². The summed E-state index contributed by atoms with van der Waals surface area (Å²) in [6.07, 6.45) is 4.56. The summed E-state index contributed by atoms with van der Waals surface area (Å²) >= 11 is 0. The maximum Gasteiger partial charge on any atom is 0.136 e. The molecule has 0 N–H and O–H groups in total. The van der Waals surface area contributed by atoms with E-state index in [4.69, 9.17) is 10.2 Å². The van der Waals surface area contributed by atoms with E-state index in [1.165, 1.54) is 21.9 Å². The van der Waals surface area contributed by atoms with Crippen LogP contribution in [0.2, 0.25) is 0 Å². The van der Waals surface area contributed by atoms with E-state index in [-0.39, 0.29) is 0 Å². The lowest BCUT2D eigenvalue weighted by atomic mass is 10.00. The van der Waals surface area contributed by atoms with Crippen LogP contribution in [0.5, 0.6) is 0 Å². The van der Waals surface area contributed by atoms with Crippen LogP contribution in [0.1, 0.15) is 16.7 Å². The molecule has 0 spiro atoms. The standard InChI is InChI=1S/C26H23N5/c27-17-21-10-11-25(28-18-21)30-12-14-31(15-13-30)26-24-9-5-4-8-23(24)22(19-29-26)16-20-6-2-1-3-7-20/h1-11,18-19H,12-16H2. The predicted octanol–water partition coefficient (Wildman–Crippen LogP) is 4.42. The lowest BCUT2D eigenvalue weighted by molar-refractivity contribution is 0.643. The van der Waals surface area contributed by atoms with Gasteiger partial charge in [-0.3, -0.25) is 0 Å². The number of rotatable bonds is 4. The molecular weight excluding hydrogens is 382 g/mol. The number of hydrogen-bond donors (Lipinski definition) is 0. The van der Waals surface area contributed by atoms with Crippen molar-refractivity contribution in [2.45, 2.75) is 6.42 Å². The van der Waals surface area contributed by atoms with Crippen LogP contribution in [0.3, 0.4) is 0 Å². The van der Waals surface area contributed by atoms with E-state index in [2.05, 4.69) is 75.5 Å². The molecule has 0 unspecified atom stereocenters. The molecule has 5 nitrogen and oxygen atoms in total. The van der Waals surface area contributed by atoms with E-state index in [0.717, 1.165) is 44.2 Å². The molecule has 3 heterocycles. The number of benzene rings is 2. The lowest BCUT2D eigenvalue weighted by Gasteiger charge is -2.36. The molecule has 1 aliphatic rings. The van der Waals surface area contributed by atoms with E-state index < -0.39 is 0 Å². The number of aromatic nitrogens is 2. The molecule has 2 aromatic heterocycles. The second-order valence-electron chi connectivity index (χ2n) is 7.81. The van der Waals surface area contributed by atoms with Crippen LogP contribution < -0.4 is 9.80 Å². The van der Waals surface area contributed by atoms with Crippen LogP contribution in [0, 0.1) is 11.3 Å². The van der Waals surface area contributed by atoms with E-state index in [1.807, 2.05) is 18.3 Å². The van der Waals surface area contributed by atoms with E-state index >= 15 is 0 Å². The molecule has 0 radical (unpaired) electrons. The number of piperazine rings is 1. The maximum absolute atomic E-state index is 8.97. The fourth-order valence-corrected chi connectivity index (χ4v) is 4.23.